The van der Waals surface area contributed by atoms with Gasteiger partial charge in [-0.05, 0) is 24.3 Å². The van der Waals surface area contributed by atoms with Crippen LogP contribution in [0, 0.1) is 0 Å². The summed E-state index contributed by atoms with van der Waals surface area (Å²) >= 11 is 0. The second-order valence-electron chi connectivity index (χ2n) is 7.05. The number of aliphatic hydroxyl groups excluding tert-OH is 1. The van der Waals surface area contributed by atoms with E-state index in [9.17, 15) is 13.2 Å². The number of H-pyrrole nitrogens is 1. The van der Waals surface area contributed by atoms with Gasteiger partial charge < -0.3 is 20.7 Å². The number of aromatic amines is 1. The van der Waals surface area contributed by atoms with Gasteiger partial charge in [-0.25, -0.2) is 18.5 Å². The molecule has 0 unspecified atom stereocenters. The van der Waals surface area contributed by atoms with Crippen molar-refractivity contribution < 1.29 is 18.3 Å². The zero-order valence-corrected chi connectivity index (χ0v) is 16.4. The third kappa shape index (κ3) is 3.65. The molecule has 1 saturated heterocycles. The molecule has 0 aliphatic carbocycles. The first-order valence-electron chi connectivity index (χ1n) is 9.15. The molecule has 0 spiro atoms. The lowest BCUT2D eigenvalue weighted by Gasteiger charge is -2.35. The van der Waals surface area contributed by atoms with Crippen LogP contribution in [0.5, 0.6) is 0 Å². The van der Waals surface area contributed by atoms with Crippen molar-refractivity contribution in [2.24, 2.45) is 10.9 Å². The summed E-state index contributed by atoms with van der Waals surface area (Å²) in [5.74, 6) is -0.840. The van der Waals surface area contributed by atoms with Crippen LogP contribution in [0.3, 0.4) is 0 Å². The quantitative estimate of drug-likeness (QED) is 0.438. The molecule has 1 fully saturated rings. The summed E-state index contributed by atoms with van der Waals surface area (Å²) in [5, 5.41) is 15.2. The first-order valence-corrected chi connectivity index (χ1v) is 10.7. The lowest BCUT2D eigenvalue weighted by atomic mass is 10.1. The van der Waals surface area contributed by atoms with Crippen LogP contribution in [0.15, 0.2) is 29.3 Å². The number of β-amino-alcohol motifs (C(OH)–C–C–N with tert-alkyl or cyclic N) is 1. The third-order valence-electron chi connectivity index (χ3n) is 5.23. The zero-order valence-electron chi connectivity index (χ0n) is 15.6. The molecule has 2 aromatic heterocycles. The monoisotopic (exact) mass is 418 g/mol. The Balaban J connectivity index is 1.81. The number of hydrogen-bond acceptors (Lipinski definition) is 7. The van der Waals surface area contributed by atoms with Crippen LogP contribution in [-0.4, -0.2) is 73.6 Å². The molecule has 0 bridgehead atoms. The minimum absolute atomic E-state index is 0.143. The normalized spacial score (nSPS) is 16.0. The van der Waals surface area contributed by atoms with E-state index in [0.29, 0.717) is 17.4 Å². The number of rotatable bonds is 5. The van der Waals surface area contributed by atoms with Crippen molar-refractivity contribution in [3.63, 3.8) is 0 Å². The average molecular weight is 418 g/mol. The van der Waals surface area contributed by atoms with E-state index in [1.165, 1.54) is 6.07 Å². The number of primary sulfonamides is 1. The highest BCUT2D eigenvalue weighted by atomic mass is 32.2. The molecule has 3 heterocycles. The van der Waals surface area contributed by atoms with E-state index in [1.54, 1.807) is 0 Å². The number of carbonyl (C=O) groups excluding carboxylic acids is 1. The van der Waals surface area contributed by atoms with Crippen molar-refractivity contribution in [3.05, 3.63) is 30.0 Å². The van der Waals surface area contributed by atoms with E-state index in [4.69, 9.17) is 16.0 Å². The van der Waals surface area contributed by atoms with E-state index in [-0.39, 0.29) is 12.3 Å². The van der Waals surface area contributed by atoms with Crippen LogP contribution in [0.1, 0.15) is 10.5 Å². The van der Waals surface area contributed by atoms with Crippen LogP contribution < -0.4 is 15.8 Å². The molecule has 1 amide bonds. The summed E-state index contributed by atoms with van der Waals surface area (Å²) in [5.41, 5.74) is 7.34. The number of aromatic nitrogens is 2. The number of nitrogens with two attached hydrogens (primary N) is 2. The fourth-order valence-electron chi connectivity index (χ4n) is 3.75. The van der Waals surface area contributed by atoms with E-state index in [0.717, 1.165) is 42.8 Å². The Morgan fingerprint density at radius 1 is 1.17 bits per heavy atom. The van der Waals surface area contributed by atoms with E-state index >= 15 is 0 Å². The maximum Gasteiger partial charge on any atom is 0.269 e. The average Bonchev–Trinajstić information content (AvgIpc) is 3.05. The number of carbonyl (C=O) groups is 1. The van der Waals surface area contributed by atoms with Gasteiger partial charge in [0.2, 0.25) is 0 Å². The SMILES string of the molecule is NC(=O)c1nc(S(N)(=O)=O)cc2c1[nH]c1ccc(N3CCN(CCO)CC3)cc12. The molecule has 1 aliphatic heterocycles. The van der Waals surface area contributed by atoms with E-state index < -0.39 is 21.0 Å². The van der Waals surface area contributed by atoms with Crippen LogP contribution in [0.25, 0.3) is 21.8 Å². The molecule has 1 aliphatic rings. The Morgan fingerprint density at radius 2 is 1.90 bits per heavy atom. The van der Waals surface area contributed by atoms with Crippen LogP contribution >= 0.6 is 0 Å². The molecule has 11 heteroatoms. The topological polar surface area (TPSA) is 159 Å². The van der Waals surface area contributed by atoms with Gasteiger partial charge in [0.1, 0.15) is 0 Å². The fraction of sp³-hybridized carbons (Fsp3) is 0.333. The molecule has 6 N–H and O–H groups in total. The first kappa shape index (κ1) is 19.6. The molecule has 10 nitrogen and oxygen atoms in total. The smallest absolute Gasteiger partial charge is 0.269 e. The molecule has 0 saturated carbocycles. The van der Waals surface area contributed by atoms with Crippen molar-refractivity contribution >= 4 is 43.4 Å². The number of amides is 1. The van der Waals surface area contributed by atoms with Crippen molar-refractivity contribution in [1.82, 2.24) is 14.9 Å². The van der Waals surface area contributed by atoms with Gasteiger partial charge in [0.25, 0.3) is 15.9 Å². The molecule has 4 rings (SSSR count). The van der Waals surface area contributed by atoms with Crippen molar-refractivity contribution in [3.8, 4) is 0 Å². The Morgan fingerprint density at radius 3 is 2.52 bits per heavy atom. The molecular weight excluding hydrogens is 396 g/mol. The second kappa shape index (κ2) is 7.26. The summed E-state index contributed by atoms with van der Waals surface area (Å²) in [7, 11) is -4.11. The van der Waals surface area contributed by atoms with Gasteiger partial charge >= 0.3 is 0 Å². The van der Waals surface area contributed by atoms with Crippen molar-refractivity contribution in [2.75, 3.05) is 44.2 Å². The number of benzene rings is 1. The van der Waals surface area contributed by atoms with Gasteiger partial charge in [0, 0.05) is 54.7 Å². The number of nitrogens with zero attached hydrogens (tertiary/aromatic N) is 3. The lowest BCUT2D eigenvalue weighted by molar-refractivity contribution is 0.0996. The minimum Gasteiger partial charge on any atom is -0.395 e. The summed E-state index contributed by atoms with van der Waals surface area (Å²) < 4.78 is 23.7. The summed E-state index contributed by atoms with van der Waals surface area (Å²) in [6.45, 7) is 4.11. The van der Waals surface area contributed by atoms with E-state index in [1.807, 2.05) is 18.2 Å². The molecule has 29 heavy (non-hydrogen) atoms. The second-order valence-corrected chi connectivity index (χ2v) is 8.56. The number of piperazine rings is 1. The molecule has 1 aromatic carbocycles. The highest BCUT2D eigenvalue weighted by molar-refractivity contribution is 7.89. The van der Waals surface area contributed by atoms with Gasteiger partial charge in [0.15, 0.2) is 10.7 Å². The largest absolute Gasteiger partial charge is 0.395 e. The summed E-state index contributed by atoms with van der Waals surface area (Å²) in [6, 6.07) is 7.16. The number of fused-ring (bicyclic) bond motifs is 3. The summed E-state index contributed by atoms with van der Waals surface area (Å²) in [4.78, 5) is 23.2. The Hall–Kier alpha value is -2.73. The molecular formula is C18H22N6O4S. The molecule has 0 atom stereocenters. The number of primary amides is 1. The third-order valence-corrected chi connectivity index (χ3v) is 6.02. The Labute approximate surface area is 167 Å². The van der Waals surface area contributed by atoms with Gasteiger partial charge in [-0.15, -0.1) is 0 Å². The number of hydrogen-bond donors (Lipinski definition) is 4. The van der Waals surface area contributed by atoms with Gasteiger partial charge in [0.05, 0.1) is 12.1 Å². The molecule has 3 aromatic rings. The van der Waals surface area contributed by atoms with E-state index in [2.05, 4.69) is 19.8 Å². The van der Waals surface area contributed by atoms with Crippen molar-refractivity contribution in [2.45, 2.75) is 5.03 Å². The fourth-order valence-corrected chi connectivity index (χ4v) is 4.25. The van der Waals surface area contributed by atoms with Crippen LogP contribution in [-0.2, 0) is 10.0 Å². The highest BCUT2D eigenvalue weighted by Crippen LogP contribution is 2.32. The number of pyridine rings is 1. The number of aliphatic hydroxyl groups is 1. The zero-order chi connectivity index (χ0) is 20.8. The maximum atomic E-state index is 11.8. The van der Waals surface area contributed by atoms with Crippen LogP contribution in [0.2, 0.25) is 0 Å². The molecule has 0 radical (unpaired) electrons. The standard InChI is InChI=1S/C18H22N6O4S/c19-18(26)17-16-13(10-15(22-17)29(20,27)28)12-9-11(1-2-14(12)21-16)24-5-3-23(4-6-24)7-8-25/h1-2,9-10,21,25H,3-8H2,(H2,19,26)(H2,20,27,28). The van der Waals surface area contributed by atoms with Crippen LogP contribution in [0.4, 0.5) is 5.69 Å². The van der Waals surface area contributed by atoms with Gasteiger partial charge in [-0.1, -0.05) is 0 Å². The van der Waals surface area contributed by atoms with Gasteiger partial charge in [-0.3, -0.25) is 9.69 Å². The Bertz CT molecular complexity index is 1200. The highest BCUT2D eigenvalue weighted by Gasteiger charge is 2.21. The molecule has 154 valence electrons. The maximum absolute atomic E-state index is 11.8. The Kier molecular flexibility index (Phi) is 4.90. The predicted molar refractivity (Wildman–Crippen MR) is 109 cm³/mol. The minimum atomic E-state index is -4.11. The predicted octanol–water partition coefficient (Wildman–Crippen LogP) is -0.423. The number of anilines is 1. The van der Waals surface area contributed by atoms with Gasteiger partial charge in [-0.2, -0.15) is 0 Å². The number of nitrogens with one attached hydrogen (secondary N) is 1. The number of sulfonamides is 1. The first-order chi connectivity index (χ1) is 13.8. The summed E-state index contributed by atoms with van der Waals surface area (Å²) in [6.07, 6.45) is 0. The van der Waals surface area contributed by atoms with Crippen molar-refractivity contribution in [1.29, 1.82) is 0 Å². The lowest BCUT2D eigenvalue weighted by Crippen LogP contribution is -2.47.